The zero-order chi connectivity index (χ0) is 18.0. The molecule has 0 radical (unpaired) electrons. The molecule has 2 heterocycles. The van der Waals surface area contributed by atoms with E-state index in [9.17, 15) is 4.79 Å². The second-order valence-electron chi connectivity index (χ2n) is 9.45. The highest BCUT2D eigenvalue weighted by Crippen LogP contribution is 2.54. The average Bonchev–Trinajstić information content (AvgIpc) is 2.54. The van der Waals surface area contributed by atoms with Crippen molar-refractivity contribution in [1.29, 1.82) is 0 Å². The smallest absolute Gasteiger partial charge is 0.236 e. The van der Waals surface area contributed by atoms with Gasteiger partial charge in [-0.3, -0.25) is 9.69 Å². The summed E-state index contributed by atoms with van der Waals surface area (Å²) in [4.78, 5) is 17.1. The van der Waals surface area contributed by atoms with Crippen LogP contribution in [0, 0.1) is 17.3 Å². The summed E-state index contributed by atoms with van der Waals surface area (Å²) in [6.45, 7) is 13.5. The van der Waals surface area contributed by atoms with Crippen LogP contribution in [0.2, 0.25) is 0 Å². The van der Waals surface area contributed by atoms with Gasteiger partial charge in [-0.2, -0.15) is 0 Å². The Morgan fingerprint density at radius 3 is 2.16 bits per heavy atom. The van der Waals surface area contributed by atoms with E-state index in [2.05, 4.69) is 37.5 Å². The molecule has 0 aromatic carbocycles. The molecule has 1 aliphatic carbocycles. The number of carbonyl (C=O) groups is 1. The quantitative estimate of drug-likeness (QED) is 0.760. The maximum Gasteiger partial charge on any atom is 0.236 e. The molecule has 0 bridgehead atoms. The number of carbonyl (C=O) groups excluding carboxylic acids is 1. The fraction of sp³-hybridized carbons (Fsp3) is 0.952. The van der Waals surface area contributed by atoms with Crippen LogP contribution in [0.15, 0.2) is 0 Å². The predicted molar refractivity (Wildman–Crippen MR) is 101 cm³/mol. The number of nitrogens with zero attached hydrogens (tertiary/aromatic N) is 2. The van der Waals surface area contributed by atoms with E-state index in [-0.39, 0.29) is 0 Å². The van der Waals surface area contributed by atoms with Gasteiger partial charge in [0.1, 0.15) is 0 Å². The number of hydrogen-bond donors (Lipinski definition) is 0. The predicted octanol–water partition coefficient (Wildman–Crippen LogP) is 3.55. The van der Waals surface area contributed by atoms with Crippen molar-refractivity contribution in [2.45, 2.75) is 78.4 Å². The Bertz CT molecular complexity index is 439. The molecule has 3 rings (SSSR count). The molecule has 0 N–H and O–H groups in total. The highest BCUT2D eigenvalue weighted by molar-refractivity contribution is 5.78. The molecule has 0 aromatic heterocycles. The van der Waals surface area contributed by atoms with Gasteiger partial charge in [0.2, 0.25) is 5.91 Å². The number of ether oxygens (including phenoxy) is 1. The Hall–Kier alpha value is -0.610. The van der Waals surface area contributed by atoms with Gasteiger partial charge in [-0.05, 0) is 69.6 Å². The third kappa shape index (κ3) is 4.77. The topological polar surface area (TPSA) is 32.8 Å². The second-order valence-corrected chi connectivity index (χ2v) is 9.45. The Kier molecular flexibility index (Phi) is 6.10. The lowest BCUT2D eigenvalue weighted by molar-refractivity contribution is -0.138. The largest absolute Gasteiger partial charge is 0.375 e. The van der Waals surface area contributed by atoms with Crippen molar-refractivity contribution < 1.29 is 9.53 Å². The zero-order valence-corrected chi connectivity index (χ0v) is 16.8. The molecule has 25 heavy (non-hydrogen) atoms. The van der Waals surface area contributed by atoms with Crippen molar-refractivity contribution >= 4 is 5.91 Å². The summed E-state index contributed by atoms with van der Waals surface area (Å²) in [5, 5.41) is 0. The van der Waals surface area contributed by atoms with Crippen LogP contribution in [0.5, 0.6) is 0 Å². The van der Waals surface area contributed by atoms with E-state index in [1.807, 2.05) is 0 Å². The summed E-state index contributed by atoms with van der Waals surface area (Å²) in [5.74, 6) is 2.10. The van der Waals surface area contributed by atoms with Crippen LogP contribution in [0.4, 0.5) is 0 Å². The molecule has 4 heteroatoms. The van der Waals surface area contributed by atoms with E-state index in [4.69, 9.17) is 4.74 Å². The third-order valence-corrected chi connectivity index (χ3v) is 6.87. The van der Waals surface area contributed by atoms with Crippen molar-refractivity contribution in [3.05, 3.63) is 0 Å². The van der Waals surface area contributed by atoms with Crippen LogP contribution < -0.4 is 0 Å². The molecule has 3 aliphatic rings. The van der Waals surface area contributed by atoms with Crippen molar-refractivity contribution in [2.24, 2.45) is 17.3 Å². The Labute approximate surface area is 154 Å². The summed E-state index contributed by atoms with van der Waals surface area (Å²) in [6, 6.07) is 0. The van der Waals surface area contributed by atoms with Gasteiger partial charge in [0, 0.05) is 26.2 Å². The summed E-state index contributed by atoms with van der Waals surface area (Å²) in [6.07, 6.45) is 8.07. The van der Waals surface area contributed by atoms with Gasteiger partial charge in [-0.25, -0.2) is 0 Å². The highest BCUT2D eigenvalue weighted by atomic mass is 16.5. The first-order valence-electron chi connectivity index (χ1n) is 10.5. The van der Waals surface area contributed by atoms with Crippen LogP contribution in [0.1, 0.15) is 66.2 Å². The van der Waals surface area contributed by atoms with E-state index in [1.54, 1.807) is 0 Å². The average molecular weight is 351 g/mol. The minimum absolute atomic E-state index is 0.306. The summed E-state index contributed by atoms with van der Waals surface area (Å²) in [5.41, 5.74) is 0.582. The molecule has 1 saturated carbocycles. The number of amides is 1. The van der Waals surface area contributed by atoms with Gasteiger partial charge in [0.25, 0.3) is 0 Å². The van der Waals surface area contributed by atoms with Crippen LogP contribution in [0.3, 0.4) is 0 Å². The van der Waals surface area contributed by atoms with Gasteiger partial charge >= 0.3 is 0 Å². The summed E-state index contributed by atoms with van der Waals surface area (Å²) < 4.78 is 5.91. The van der Waals surface area contributed by atoms with Crippen LogP contribution in [0.25, 0.3) is 0 Å². The number of piperidine rings is 2. The molecule has 3 fully saturated rings. The van der Waals surface area contributed by atoms with Gasteiger partial charge < -0.3 is 9.64 Å². The molecule has 2 saturated heterocycles. The van der Waals surface area contributed by atoms with E-state index in [0.29, 0.717) is 30.1 Å². The summed E-state index contributed by atoms with van der Waals surface area (Å²) in [7, 11) is 0. The molecule has 4 nitrogen and oxygen atoms in total. The van der Waals surface area contributed by atoms with Gasteiger partial charge in [-0.1, -0.05) is 13.8 Å². The third-order valence-electron chi connectivity index (χ3n) is 6.87. The molecule has 144 valence electrons. The molecule has 1 spiro atoms. The molecule has 0 atom stereocenters. The first-order valence-corrected chi connectivity index (χ1v) is 10.5. The molecule has 1 amide bonds. The normalized spacial score (nSPS) is 25.8. The molecule has 0 aromatic rings. The molecular weight excluding hydrogens is 312 g/mol. The van der Waals surface area contributed by atoms with E-state index in [1.165, 1.54) is 25.7 Å². The van der Waals surface area contributed by atoms with Crippen LogP contribution in [-0.2, 0) is 9.53 Å². The van der Waals surface area contributed by atoms with Gasteiger partial charge in [0.15, 0.2) is 0 Å². The number of rotatable bonds is 5. The maximum absolute atomic E-state index is 12.7. The minimum Gasteiger partial charge on any atom is -0.375 e. The second kappa shape index (κ2) is 7.96. The van der Waals surface area contributed by atoms with Crippen molar-refractivity contribution in [1.82, 2.24) is 9.80 Å². The van der Waals surface area contributed by atoms with Crippen molar-refractivity contribution in [2.75, 3.05) is 32.7 Å². The Morgan fingerprint density at radius 2 is 1.64 bits per heavy atom. The lowest BCUT2D eigenvalue weighted by atomic mass is 9.55. The van der Waals surface area contributed by atoms with E-state index < -0.39 is 0 Å². The molecule has 0 unspecified atom stereocenters. The fourth-order valence-electron chi connectivity index (χ4n) is 5.04. The standard InChI is InChI=1S/C21H38N2O2/c1-16(2)18-13-21(14-18)7-11-23(12-8-21)20(24)15-22-9-5-19(6-10-22)25-17(3)4/h16-19H,5-15H2,1-4H3. The van der Waals surface area contributed by atoms with Gasteiger partial charge in [0.05, 0.1) is 18.8 Å². The molecular formula is C21H38N2O2. The maximum atomic E-state index is 12.7. The Balaban J connectivity index is 1.36. The van der Waals surface area contributed by atoms with Crippen molar-refractivity contribution in [3.63, 3.8) is 0 Å². The summed E-state index contributed by atoms with van der Waals surface area (Å²) >= 11 is 0. The first-order chi connectivity index (χ1) is 11.9. The monoisotopic (exact) mass is 350 g/mol. The van der Waals surface area contributed by atoms with Gasteiger partial charge in [-0.15, -0.1) is 0 Å². The van der Waals surface area contributed by atoms with Crippen molar-refractivity contribution in [3.8, 4) is 0 Å². The first kappa shape index (κ1) is 19.2. The zero-order valence-electron chi connectivity index (χ0n) is 16.8. The number of likely N-dealkylation sites (tertiary alicyclic amines) is 2. The Morgan fingerprint density at radius 1 is 1.04 bits per heavy atom. The van der Waals surface area contributed by atoms with Crippen LogP contribution >= 0.6 is 0 Å². The lowest BCUT2D eigenvalue weighted by Crippen LogP contribution is -2.52. The SMILES string of the molecule is CC(C)OC1CCN(CC(=O)N2CCC3(CC2)CC(C(C)C)C3)CC1. The van der Waals surface area contributed by atoms with Crippen LogP contribution in [-0.4, -0.2) is 60.6 Å². The fourth-order valence-corrected chi connectivity index (χ4v) is 5.04. The number of hydrogen-bond acceptors (Lipinski definition) is 3. The molecule has 2 aliphatic heterocycles. The van der Waals surface area contributed by atoms with E-state index in [0.717, 1.165) is 50.9 Å². The van der Waals surface area contributed by atoms with E-state index >= 15 is 0 Å². The minimum atomic E-state index is 0.306. The lowest BCUT2D eigenvalue weighted by Gasteiger charge is -2.53. The highest BCUT2D eigenvalue weighted by Gasteiger charge is 2.46.